The van der Waals surface area contributed by atoms with Gasteiger partial charge in [0.1, 0.15) is 5.75 Å². The van der Waals surface area contributed by atoms with Gasteiger partial charge in [0.2, 0.25) is 0 Å². The van der Waals surface area contributed by atoms with E-state index in [0.717, 1.165) is 58.7 Å². The van der Waals surface area contributed by atoms with Crippen molar-refractivity contribution in [2.24, 2.45) is 0 Å². The van der Waals surface area contributed by atoms with Crippen molar-refractivity contribution in [3.63, 3.8) is 0 Å². The van der Waals surface area contributed by atoms with Crippen molar-refractivity contribution in [3.8, 4) is 16.9 Å². The van der Waals surface area contributed by atoms with E-state index in [1.165, 1.54) is 6.07 Å². The van der Waals surface area contributed by atoms with Crippen LogP contribution in [-0.2, 0) is 21.9 Å². The van der Waals surface area contributed by atoms with Crippen molar-refractivity contribution >= 4 is 28.5 Å². The quantitative estimate of drug-likeness (QED) is 0.211. The van der Waals surface area contributed by atoms with Crippen LogP contribution in [0.1, 0.15) is 57.6 Å². The highest BCUT2D eigenvalue weighted by atomic mass is 19.4. The number of aromatic carboxylic acids is 1. The molecule has 3 aliphatic rings. The number of carboxylic acids is 1. The van der Waals surface area contributed by atoms with Crippen molar-refractivity contribution in [2.75, 3.05) is 31.2 Å². The Bertz CT molecular complexity index is 2130. The third-order valence-corrected chi connectivity index (χ3v) is 10.1. The maximum atomic E-state index is 14.3. The number of halogens is 3. The zero-order chi connectivity index (χ0) is 33.4. The Morgan fingerprint density at radius 1 is 0.854 bits per heavy atom. The van der Waals surface area contributed by atoms with E-state index in [9.17, 15) is 23.1 Å². The fourth-order valence-electron chi connectivity index (χ4n) is 7.72. The van der Waals surface area contributed by atoms with E-state index in [1.54, 1.807) is 12.1 Å². The van der Waals surface area contributed by atoms with Gasteiger partial charge in [0.25, 0.3) is 0 Å². The first kappa shape index (κ1) is 30.3. The second-order valence-electron chi connectivity index (χ2n) is 13.1. The molecule has 8 rings (SSSR count). The highest BCUT2D eigenvalue weighted by Crippen LogP contribution is 2.58. The molecular weight excluding hydrogens is 615 g/mol. The summed E-state index contributed by atoms with van der Waals surface area (Å²) < 4.78 is 55.5. The largest absolute Gasteiger partial charge is 0.478 e. The molecule has 5 nitrogen and oxygen atoms in total. The van der Waals surface area contributed by atoms with Crippen LogP contribution in [0.25, 0.3) is 28.0 Å². The number of nitrogens with zero attached hydrogens (tertiary/aromatic N) is 1. The van der Waals surface area contributed by atoms with Gasteiger partial charge in [-0.05, 0) is 70.1 Å². The van der Waals surface area contributed by atoms with Gasteiger partial charge in [0.15, 0.2) is 5.60 Å². The van der Waals surface area contributed by atoms with Crippen LogP contribution in [0.2, 0.25) is 0 Å². The molecule has 1 unspecified atom stereocenters. The predicted octanol–water partition coefficient (Wildman–Crippen LogP) is 9.05. The van der Waals surface area contributed by atoms with E-state index < -0.39 is 28.7 Å². The molecule has 1 saturated heterocycles. The number of ether oxygens (including phenoxy) is 2. The van der Waals surface area contributed by atoms with Gasteiger partial charge in [-0.15, -0.1) is 0 Å². The molecule has 5 aromatic carbocycles. The fraction of sp³-hybridized carbons (Fsp3) is 0.225. The van der Waals surface area contributed by atoms with Crippen molar-refractivity contribution in [1.82, 2.24) is 0 Å². The minimum absolute atomic E-state index is 0.116. The summed E-state index contributed by atoms with van der Waals surface area (Å²) in [7, 11) is 0. The molecule has 0 radical (unpaired) electrons. The molecule has 0 bridgehead atoms. The highest BCUT2D eigenvalue weighted by molar-refractivity contribution is 6.09. The number of rotatable bonds is 4. The summed E-state index contributed by atoms with van der Waals surface area (Å²) in [6.07, 6.45) is -0.605. The Morgan fingerprint density at radius 3 is 2.25 bits per heavy atom. The number of hydrogen-bond acceptors (Lipinski definition) is 4. The van der Waals surface area contributed by atoms with Crippen molar-refractivity contribution in [1.29, 1.82) is 0 Å². The zero-order valence-electron chi connectivity index (χ0n) is 26.4. The van der Waals surface area contributed by atoms with Crippen molar-refractivity contribution < 1.29 is 32.5 Å². The van der Waals surface area contributed by atoms with Gasteiger partial charge < -0.3 is 19.5 Å². The number of hydrogen-bond donors (Lipinski definition) is 1. The molecule has 5 aromatic rings. The standard InChI is InChI=1S/C40H32F3NO4/c1-38(2)33-15-8-24(37(45)46)22-32(33)34-29-14-11-27(40(41,42)43)23-31(29)36-30(35(34)38)16-17-39(48-36,25-6-4-3-5-7-25)26-9-12-28(13-10-26)44-18-20-47-21-19-44/h3-17,22-23H,18-21H2,1-2H3,(H,45,46). The summed E-state index contributed by atoms with van der Waals surface area (Å²) in [5.41, 5.74) is 4.25. The third-order valence-electron chi connectivity index (χ3n) is 10.1. The predicted molar refractivity (Wildman–Crippen MR) is 180 cm³/mol. The van der Waals surface area contributed by atoms with Gasteiger partial charge in [-0.25, -0.2) is 4.79 Å². The van der Waals surface area contributed by atoms with Gasteiger partial charge in [-0.2, -0.15) is 13.2 Å². The topological polar surface area (TPSA) is 59.0 Å². The smallest absolute Gasteiger partial charge is 0.416 e. The second kappa shape index (κ2) is 10.7. The molecule has 0 aromatic heterocycles. The molecule has 2 aliphatic heterocycles. The SMILES string of the molecule is CC1(C)c2ccc(C(=O)O)cc2-c2c1c1c(c3cc(C(F)(F)F)ccc23)OC(c2ccccc2)(c2ccc(N3CCOCC3)cc2)C=C1. The summed E-state index contributed by atoms with van der Waals surface area (Å²) in [5.74, 6) is -0.709. The van der Waals surface area contributed by atoms with Crippen molar-refractivity contribution in [3.05, 3.63) is 136 Å². The molecular formula is C40H32F3NO4. The summed E-state index contributed by atoms with van der Waals surface area (Å²) >= 11 is 0. The molecule has 242 valence electrons. The Kier molecular flexibility index (Phi) is 6.76. The summed E-state index contributed by atoms with van der Waals surface area (Å²) in [6.45, 7) is 7.02. The minimum atomic E-state index is -4.58. The van der Waals surface area contributed by atoms with Gasteiger partial charge >= 0.3 is 12.1 Å². The highest BCUT2D eigenvalue weighted by Gasteiger charge is 2.45. The van der Waals surface area contributed by atoms with Gasteiger partial charge in [-0.3, -0.25) is 0 Å². The number of carboxylic acid groups (broad SMARTS) is 1. The lowest BCUT2D eigenvalue weighted by Gasteiger charge is -2.39. The second-order valence-corrected chi connectivity index (χ2v) is 13.1. The molecule has 0 amide bonds. The molecule has 0 spiro atoms. The molecule has 1 atom stereocenters. The molecule has 48 heavy (non-hydrogen) atoms. The Balaban J connectivity index is 1.39. The summed E-state index contributed by atoms with van der Waals surface area (Å²) in [5, 5.41) is 10.7. The molecule has 2 heterocycles. The lowest BCUT2D eigenvalue weighted by Crippen LogP contribution is -2.37. The van der Waals surface area contributed by atoms with Crippen LogP contribution in [0.3, 0.4) is 0 Å². The van der Waals surface area contributed by atoms with E-state index in [0.29, 0.717) is 40.9 Å². The normalized spacial score (nSPS) is 19.4. The van der Waals surface area contributed by atoms with Gasteiger partial charge in [0.05, 0.1) is 24.3 Å². The molecule has 0 saturated carbocycles. The van der Waals surface area contributed by atoms with E-state index in [1.807, 2.05) is 60.7 Å². The summed E-state index contributed by atoms with van der Waals surface area (Å²) in [4.78, 5) is 14.3. The fourth-order valence-corrected chi connectivity index (χ4v) is 7.72. The number of fused-ring (bicyclic) bond motifs is 8. The van der Waals surface area contributed by atoms with Gasteiger partial charge in [-0.1, -0.05) is 74.5 Å². The van der Waals surface area contributed by atoms with Crippen LogP contribution in [0.15, 0.2) is 97.1 Å². The van der Waals surface area contributed by atoms with E-state index in [-0.39, 0.29) is 5.56 Å². The Morgan fingerprint density at radius 2 is 1.56 bits per heavy atom. The lowest BCUT2D eigenvalue weighted by atomic mass is 9.76. The van der Waals surface area contributed by atoms with E-state index in [4.69, 9.17) is 9.47 Å². The Labute approximate surface area is 275 Å². The first-order chi connectivity index (χ1) is 23.0. The molecule has 1 N–H and O–H groups in total. The van der Waals surface area contributed by atoms with Crippen molar-refractivity contribution in [2.45, 2.75) is 31.0 Å². The number of carbonyl (C=O) groups is 1. The average Bonchev–Trinajstić information content (AvgIpc) is 3.34. The van der Waals surface area contributed by atoms with Crippen LogP contribution in [0.4, 0.5) is 18.9 Å². The maximum Gasteiger partial charge on any atom is 0.416 e. The van der Waals surface area contributed by atoms with Crippen LogP contribution in [-0.4, -0.2) is 37.4 Å². The van der Waals surface area contributed by atoms with Crippen LogP contribution < -0.4 is 9.64 Å². The average molecular weight is 648 g/mol. The van der Waals surface area contributed by atoms with Crippen LogP contribution in [0, 0.1) is 0 Å². The summed E-state index contributed by atoms with van der Waals surface area (Å²) in [6, 6.07) is 26.7. The Hall–Kier alpha value is -5.08. The van der Waals surface area contributed by atoms with E-state index in [2.05, 4.69) is 30.9 Å². The first-order valence-electron chi connectivity index (χ1n) is 16.0. The molecule has 1 fully saturated rings. The maximum absolute atomic E-state index is 14.3. The number of alkyl halides is 3. The molecule has 8 heteroatoms. The molecule has 1 aliphatic carbocycles. The third kappa shape index (κ3) is 4.53. The lowest BCUT2D eigenvalue weighted by molar-refractivity contribution is -0.137. The first-order valence-corrected chi connectivity index (χ1v) is 16.0. The van der Waals surface area contributed by atoms with Crippen LogP contribution >= 0.6 is 0 Å². The number of morpholine rings is 1. The minimum Gasteiger partial charge on any atom is -0.478 e. The number of benzene rings is 5. The monoisotopic (exact) mass is 647 g/mol. The zero-order valence-corrected chi connectivity index (χ0v) is 26.4. The number of anilines is 1. The van der Waals surface area contributed by atoms with Crippen LogP contribution in [0.5, 0.6) is 5.75 Å². The van der Waals surface area contributed by atoms with Gasteiger partial charge in [0, 0.05) is 46.3 Å². The van der Waals surface area contributed by atoms with E-state index >= 15 is 0 Å².